The fraction of sp³-hybridized carbons (Fsp3) is 0.529. The lowest BCUT2D eigenvalue weighted by atomic mass is 10.1. The Morgan fingerprint density at radius 1 is 1.17 bits per heavy atom. The van der Waals surface area contributed by atoms with Crippen molar-refractivity contribution in [3.05, 3.63) is 33.3 Å². The highest BCUT2D eigenvalue weighted by atomic mass is 79.9. The van der Waals surface area contributed by atoms with Crippen LogP contribution in [0.2, 0.25) is 5.02 Å². The third kappa shape index (κ3) is 5.11. The molecule has 0 unspecified atom stereocenters. The molecular weight excluding hydrogens is 396 g/mol. The maximum Gasteiger partial charge on any atom is 0.410 e. The molecule has 2 rings (SSSR count). The van der Waals surface area contributed by atoms with Crippen LogP contribution in [0.5, 0.6) is 0 Å². The number of carbonyl (C=O) groups excluding carboxylic acids is 2. The van der Waals surface area contributed by atoms with Crippen LogP contribution in [0.3, 0.4) is 0 Å². The van der Waals surface area contributed by atoms with Crippen LogP contribution in [-0.4, -0.2) is 53.6 Å². The molecule has 0 aromatic heterocycles. The van der Waals surface area contributed by atoms with Crippen LogP contribution in [0.15, 0.2) is 22.7 Å². The molecule has 1 aliphatic heterocycles. The van der Waals surface area contributed by atoms with E-state index >= 15 is 0 Å². The van der Waals surface area contributed by atoms with Crippen molar-refractivity contribution < 1.29 is 14.3 Å². The average molecular weight is 418 g/mol. The summed E-state index contributed by atoms with van der Waals surface area (Å²) >= 11 is 9.48. The van der Waals surface area contributed by atoms with Crippen LogP contribution >= 0.6 is 27.5 Å². The predicted molar refractivity (Wildman–Crippen MR) is 97.2 cm³/mol. The number of nitrogens with zero attached hydrogens (tertiary/aromatic N) is 2. The summed E-state index contributed by atoms with van der Waals surface area (Å²) in [4.78, 5) is 27.9. The van der Waals surface area contributed by atoms with Gasteiger partial charge in [-0.25, -0.2) is 4.79 Å². The smallest absolute Gasteiger partial charge is 0.410 e. The summed E-state index contributed by atoms with van der Waals surface area (Å²) in [5.41, 5.74) is 0.352. The van der Waals surface area contributed by atoms with Gasteiger partial charge in [0, 0.05) is 30.7 Å². The number of carbonyl (C=O) groups is 2. The van der Waals surface area contributed by atoms with Gasteiger partial charge in [0.15, 0.2) is 0 Å². The van der Waals surface area contributed by atoms with E-state index in [0.29, 0.717) is 31.2 Å². The summed E-state index contributed by atoms with van der Waals surface area (Å²) in [6.45, 7) is 7.51. The van der Waals surface area contributed by atoms with Gasteiger partial charge in [0.05, 0.1) is 11.4 Å². The minimum atomic E-state index is -0.511. The fourth-order valence-electron chi connectivity index (χ4n) is 2.42. The summed E-state index contributed by atoms with van der Waals surface area (Å²) in [5, 5.41) is 0.593. The summed E-state index contributed by atoms with van der Waals surface area (Å²) in [6, 6.07) is 5.49. The summed E-state index contributed by atoms with van der Waals surface area (Å²) in [5.74, 6) is 0.0294. The molecule has 1 heterocycles. The molecule has 1 aliphatic rings. The van der Waals surface area contributed by atoms with Crippen LogP contribution in [0, 0.1) is 0 Å². The van der Waals surface area contributed by atoms with Crippen LogP contribution in [0.4, 0.5) is 4.79 Å². The molecule has 24 heavy (non-hydrogen) atoms. The van der Waals surface area contributed by atoms with Gasteiger partial charge in [-0.1, -0.05) is 23.7 Å². The van der Waals surface area contributed by atoms with Gasteiger partial charge in [-0.15, -0.1) is 0 Å². The van der Waals surface area contributed by atoms with Crippen molar-refractivity contribution in [3.63, 3.8) is 0 Å². The summed E-state index contributed by atoms with van der Waals surface area (Å²) in [6.07, 6.45) is -0.0414. The van der Waals surface area contributed by atoms with Gasteiger partial charge in [0.1, 0.15) is 5.60 Å². The normalized spacial score (nSPS) is 15.4. The number of benzene rings is 1. The molecule has 0 radical (unpaired) electrons. The third-order valence-corrected chi connectivity index (χ3v) is 5.14. The molecule has 0 aliphatic carbocycles. The molecule has 0 atom stereocenters. The summed E-state index contributed by atoms with van der Waals surface area (Å²) in [7, 11) is 0. The standard InChI is InChI=1S/C17H22BrClN2O3/c1-17(2,3)24-16(23)21-9-7-20(8-10-21)14(22)11-12-5-4-6-13(19)15(12)18/h4-6H,7-11H2,1-3H3. The number of hydrogen-bond acceptors (Lipinski definition) is 3. The van der Waals surface area contributed by atoms with E-state index in [0.717, 1.165) is 10.0 Å². The van der Waals surface area contributed by atoms with E-state index in [1.54, 1.807) is 15.9 Å². The Labute approximate surface area is 156 Å². The lowest BCUT2D eigenvalue weighted by Gasteiger charge is -2.35. The highest BCUT2D eigenvalue weighted by Crippen LogP contribution is 2.26. The maximum atomic E-state index is 12.5. The van der Waals surface area contributed by atoms with Crippen molar-refractivity contribution in [1.29, 1.82) is 0 Å². The topological polar surface area (TPSA) is 49.9 Å². The second-order valence-corrected chi connectivity index (χ2v) is 7.94. The number of hydrogen-bond donors (Lipinski definition) is 0. The Kier molecular flexibility index (Phi) is 6.15. The van der Waals surface area contributed by atoms with Crippen molar-refractivity contribution in [2.75, 3.05) is 26.2 Å². The minimum absolute atomic E-state index is 0.0294. The SMILES string of the molecule is CC(C)(C)OC(=O)N1CCN(C(=O)Cc2cccc(Cl)c2Br)CC1. The number of piperazine rings is 1. The molecule has 2 amide bonds. The molecule has 1 aromatic rings. The number of rotatable bonds is 2. The minimum Gasteiger partial charge on any atom is -0.444 e. The number of ether oxygens (including phenoxy) is 1. The molecule has 0 spiro atoms. The first-order valence-electron chi connectivity index (χ1n) is 7.86. The van der Waals surface area contributed by atoms with Crippen LogP contribution in [0.1, 0.15) is 26.3 Å². The molecule has 1 fully saturated rings. The number of halogens is 2. The van der Waals surface area contributed by atoms with Crippen LogP contribution < -0.4 is 0 Å². The molecule has 0 bridgehead atoms. The molecule has 132 valence electrons. The quantitative estimate of drug-likeness (QED) is 0.737. The molecule has 7 heteroatoms. The Hall–Kier alpha value is -1.27. The van der Waals surface area contributed by atoms with Crippen molar-refractivity contribution in [1.82, 2.24) is 9.80 Å². The maximum absolute atomic E-state index is 12.5. The van der Waals surface area contributed by atoms with E-state index in [4.69, 9.17) is 16.3 Å². The van der Waals surface area contributed by atoms with Crippen molar-refractivity contribution in [2.24, 2.45) is 0 Å². The predicted octanol–water partition coefficient (Wildman–Crippen LogP) is 3.72. The van der Waals surface area contributed by atoms with Crippen LogP contribution in [0.25, 0.3) is 0 Å². The molecular formula is C17H22BrClN2O3. The van der Waals surface area contributed by atoms with Gasteiger partial charge in [-0.05, 0) is 48.3 Å². The van der Waals surface area contributed by atoms with Crippen molar-refractivity contribution >= 4 is 39.5 Å². The van der Waals surface area contributed by atoms with E-state index in [2.05, 4.69) is 15.9 Å². The monoisotopic (exact) mass is 416 g/mol. The summed E-state index contributed by atoms with van der Waals surface area (Å²) < 4.78 is 6.12. The van der Waals surface area contributed by atoms with E-state index < -0.39 is 5.60 Å². The largest absolute Gasteiger partial charge is 0.444 e. The van der Waals surface area contributed by atoms with E-state index in [-0.39, 0.29) is 18.4 Å². The second kappa shape index (κ2) is 7.74. The zero-order valence-corrected chi connectivity index (χ0v) is 16.5. The average Bonchev–Trinajstić information content (AvgIpc) is 2.50. The van der Waals surface area contributed by atoms with E-state index in [9.17, 15) is 9.59 Å². The molecule has 0 saturated carbocycles. The highest BCUT2D eigenvalue weighted by molar-refractivity contribution is 9.10. The Balaban J connectivity index is 1.89. The highest BCUT2D eigenvalue weighted by Gasteiger charge is 2.27. The Morgan fingerprint density at radius 2 is 1.75 bits per heavy atom. The first-order chi connectivity index (χ1) is 11.2. The van der Waals surface area contributed by atoms with Crippen molar-refractivity contribution in [3.8, 4) is 0 Å². The van der Waals surface area contributed by atoms with Crippen LogP contribution in [-0.2, 0) is 16.0 Å². The van der Waals surface area contributed by atoms with Crippen molar-refractivity contribution in [2.45, 2.75) is 32.8 Å². The Bertz CT molecular complexity index is 623. The van der Waals surface area contributed by atoms with Gasteiger partial charge in [-0.3, -0.25) is 4.79 Å². The first kappa shape index (κ1) is 19.1. The van der Waals surface area contributed by atoms with Gasteiger partial charge in [0.2, 0.25) is 5.91 Å². The number of amides is 2. The fourth-order valence-corrected chi connectivity index (χ4v) is 3.02. The first-order valence-corrected chi connectivity index (χ1v) is 9.03. The van der Waals surface area contributed by atoms with Gasteiger partial charge in [0.25, 0.3) is 0 Å². The zero-order valence-electron chi connectivity index (χ0n) is 14.1. The van der Waals surface area contributed by atoms with Gasteiger partial charge < -0.3 is 14.5 Å². The lowest BCUT2D eigenvalue weighted by molar-refractivity contribution is -0.132. The van der Waals surface area contributed by atoms with E-state index in [1.165, 1.54) is 0 Å². The zero-order chi connectivity index (χ0) is 17.9. The molecule has 0 N–H and O–H groups in total. The molecule has 1 saturated heterocycles. The molecule has 5 nitrogen and oxygen atoms in total. The van der Waals surface area contributed by atoms with E-state index in [1.807, 2.05) is 32.9 Å². The second-order valence-electron chi connectivity index (χ2n) is 6.74. The van der Waals surface area contributed by atoms with Gasteiger partial charge in [-0.2, -0.15) is 0 Å². The Morgan fingerprint density at radius 3 is 2.33 bits per heavy atom. The van der Waals surface area contributed by atoms with Gasteiger partial charge >= 0.3 is 6.09 Å². The lowest BCUT2D eigenvalue weighted by Crippen LogP contribution is -2.52. The molecule has 1 aromatic carbocycles. The third-order valence-electron chi connectivity index (χ3n) is 3.66.